The lowest BCUT2D eigenvalue weighted by atomic mass is 9.69. The van der Waals surface area contributed by atoms with Gasteiger partial charge < -0.3 is 0 Å². The van der Waals surface area contributed by atoms with E-state index in [2.05, 4.69) is 77.1 Å². The largest absolute Gasteiger partial charge is 0.0625 e. The van der Waals surface area contributed by atoms with Crippen molar-refractivity contribution in [3.8, 4) is 0 Å². The Balaban J connectivity index is 0.000000239. The number of hydrogen-bond acceptors (Lipinski definition) is 0. The molecule has 4 rings (SSSR count). The van der Waals surface area contributed by atoms with Gasteiger partial charge in [-0.25, -0.2) is 0 Å². The van der Waals surface area contributed by atoms with Gasteiger partial charge in [0.15, 0.2) is 0 Å². The number of benzene rings is 2. The van der Waals surface area contributed by atoms with Crippen LogP contribution in [0.3, 0.4) is 0 Å². The van der Waals surface area contributed by atoms with Crippen LogP contribution >= 0.6 is 0 Å². The van der Waals surface area contributed by atoms with E-state index >= 15 is 0 Å². The molecular weight excluding hydrogens is 360 g/mol. The smallest absolute Gasteiger partial charge is 0.0250 e. The predicted molar refractivity (Wildman–Crippen MR) is 132 cm³/mol. The standard InChI is InChI=1S/C21H32.C9H12/c1-16-3-7-18(8-4-16)15-19-9-13-21(14-10-19)20-11-5-17(2)6-12-20;1-7-5-4-6-8(2)9(7)3/h3-4,7-8,17,19-21H,5-6,9-15H2,1-2H3;4-6H,1-3H3. The minimum absolute atomic E-state index is 0.950. The molecule has 0 atom stereocenters. The second kappa shape index (κ2) is 11.2. The maximum Gasteiger partial charge on any atom is -0.0250 e. The van der Waals surface area contributed by atoms with Gasteiger partial charge in [-0.15, -0.1) is 0 Å². The van der Waals surface area contributed by atoms with Crippen molar-refractivity contribution in [2.75, 3.05) is 0 Å². The lowest BCUT2D eigenvalue weighted by Gasteiger charge is -2.37. The van der Waals surface area contributed by atoms with E-state index in [0.29, 0.717) is 0 Å². The Hall–Kier alpha value is -1.56. The lowest BCUT2D eigenvalue weighted by molar-refractivity contribution is 0.150. The molecular formula is C30H44. The summed E-state index contributed by atoms with van der Waals surface area (Å²) >= 11 is 0. The SMILES string of the molecule is Cc1ccc(CC2CCC(C3CCC(C)CC3)CC2)cc1.Cc1cccc(C)c1C. The molecule has 2 aliphatic carbocycles. The molecule has 0 aromatic heterocycles. The molecule has 0 spiro atoms. The summed E-state index contributed by atoms with van der Waals surface area (Å²) in [5.41, 5.74) is 7.12. The second-order valence-corrected chi connectivity index (χ2v) is 10.5. The van der Waals surface area contributed by atoms with E-state index in [1.54, 1.807) is 5.56 Å². The summed E-state index contributed by atoms with van der Waals surface area (Å²) in [6.45, 7) is 11.1. The van der Waals surface area contributed by atoms with Crippen molar-refractivity contribution < 1.29 is 0 Å². The highest BCUT2D eigenvalue weighted by molar-refractivity contribution is 5.31. The van der Waals surface area contributed by atoms with Crippen LogP contribution < -0.4 is 0 Å². The first-order chi connectivity index (χ1) is 14.4. The Morgan fingerprint density at radius 3 is 1.63 bits per heavy atom. The first-order valence-electron chi connectivity index (χ1n) is 12.5. The average molecular weight is 405 g/mol. The molecule has 0 heteroatoms. The molecule has 0 N–H and O–H groups in total. The first-order valence-corrected chi connectivity index (χ1v) is 12.5. The Morgan fingerprint density at radius 1 is 0.633 bits per heavy atom. The van der Waals surface area contributed by atoms with Gasteiger partial charge in [0.2, 0.25) is 0 Å². The van der Waals surface area contributed by atoms with Gasteiger partial charge in [0.25, 0.3) is 0 Å². The highest BCUT2D eigenvalue weighted by atomic mass is 14.3. The van der Waals surface area contributed by atoms with Crippen molar-refractivity contribution in [1.29, 1.82) is 0 Å². The summed E-state index contributed by atoms with van der Waals surface area (Å²) < 4.78 is 0. The Labute approximate surface area is 186 Å². The third-order valence-electron chi connectivity index (χ3n) is 8.14. The predicted octanol–water partition coefficient (Wildman–Crippen LogP) is 8.78. The molecule has 2 aliphatic rings. The van der Waals surface area contributed by atoms with Crippen LogP contribution in [0.2, 0.25) is 0 Å². The van der Waals surface area contributed by atoms with Crippen LogP contribution in [0, 0.1) is 51.4 Å². The fraction of sp³-hybridized carbons (Fsp3) is 0.600. The lowest BCUT2D eigenvalue weighted by Crippen LogP contribution is -2.25. The van der Waals surface area contributed by atoms with E-state index in [-0.39, 0.29) is 0 Å². The van der Waals surface area contributed by atoms with E-state index in [1.165, 1.54) is 80.0 Å². The molecule has 0 nitrogen and oxygen atoms in total. The Kier molecular flexibility index (Phi) is 8.61. The molecule has 2 saturated carbocycles. The summed E-state index contributed by atoms with van der Waals surface area (Å²) in [5.74, 6) is 4.08. The fourth-order valence-corrected chi connectivity index (χ4v) is 5.58. The zero-order chi connectivity index (χ0) is 21.5. The zero-order valence-electron chi connectivity index (χ0n) is 20.2. The van der Waals surface area contributed by atoms with Crippen LogP contribution in [0.1, 0.15) is 86.1 Å². The highest BCUT2D eigenvalue weighted by Gasteiger charge is 2.29. The Bertz CT molecular complexity index is 733. The zero-order valence-corrected chi connectivity index (χ0v) is 20.2. The summed E-state index contributed by atoms with van der Waals surface area (Å²) in [4.78, 5) is 0. The van der Waals surface area contributed by atoms with Crippen molar-refractivity contribution in [1.82, 2.24) is 0 Å². The second-order valence-electron chi connectivity index (χ2n) is 10.5. The molecule has 0 saturated heterocycles. The van der Waals surface area contributed by atoms with Gasteiger partial charge in [0.1, 0.15) is 0 Å². The minimum atomic E-state index is 0.950. The van der Waals surface area contributed by atoms with E-state index in [1.807, 2.05) is 0 Å². The molecule has 0 unspecified atom stereocenters. The third-order valence-corrected chi connectivity index (χ3v) is 8.14. The number of hydrogen-bond donors (Lipinski definition) is 0. The molecule has 2 aromatic carbocycles. The normalized spacial score (nSPS) is 26.6. The molecule has 164 valence electrons. The van der Waals surface area contributed by atoms with Crippen molar-refractivity contribution in [2.45, 2.75) is 92.4 Å². The fourth-order valence-electron chi connectivity index (χ4n) is 5.58. The summed E-state index contributed by atoms with van der Waals surface area (Å²) in [6, 6.07) is 15.6. The van der Waals surface area contributed by atoms with E-state index in [4.69, 9.17) is 0 Å². The van der Waals surface area contributed by atoms with Crippen molar-refractivity contribution in [3.05, 3.63) is 70.3 Å². The van der Waals surface area contributed by atoms with Crippen LogP contribution in [0.5, 0.6) is 0 Å². The van der Waals surface area contributed by atoms with Gasteiger partial charge in [-0.05, 0) is 119 Å². The monoisotopic (exact) mass is 404 g/mol. The van der Waals surface area contributed by atoms with Gasteiger partial charge in [-0.1, -0.05) is 67.8 Å². The maximum atomic E-state index is 2.44. The van der Waals surface area contributed by atoms with Crippen molar-refractivity contribution in [2.24, 2.45) is 23.7 Å². The average Bonchev–Trinajstić information content (AvgIpc) is 2.75. The quantitative estimate of drug-likeness (QED) is 0.479. The van der Waals surface area contributed by atoms with Crippen LogP contribution in [0.25, 0.3) is 0 Å². The molecule has 0 heterocycles. The first kappa shape index (κ1) is 23.1. The molecule has 0 bridgehead atoms. The van der Waals surface area contributed by atoms with Gasteiger partial charge in [0.05, 0.1) is 0 Å². The minimum Gasteiger partial charge on any atom is -0.0625 e. The van der Waals surface area contributed by atoms with Gasteiger partial charge in [-0.2, -0.15) is 0 Å². The van der Waals surface area contributed by atoms with E-state index in [0.717, 1.165) is 23.7 Å². The topological polar surface area (TPSA) is 0 Å². The van der Waals surface area contributed by atoms with Gasteiger partial charge in [0, 0.05) is 0 Å². The highest BCUT2D eigenvalue weighted by Crippen LogP contribution is 2.41. The summed E-state index contributed by atoms with van der Waals surface area (Å²) in [6.07, 6.45) is 13.3. The molecule has 2 fully saturated rings. The summed E-state index contributed by atoms with van der Waals surface area (Å²) in [7, 11) is 0. The van der Waals surface area contributed by atoms with Crippen LogP contribution in [-0.4, -0.2) is 0 Å². The van der Waals surface area contributed by atoms with Crippen molar-refractivity contribution >= 4 is 0 Å². The molecule has 0 aliphatic heterocycles. The number of rotatable bonds is 3. The van der Waals surface area contributed by atoms with E-state index < -0.39 is 0 Å². The summed E-state index contributed by atoms with van der Waals surface area (Å²) in [5, 5.41) is 0. The van der Waals surface area contributed by atoms with Gasteiger partial charge >= 0.3 is 0 Å². The molecule has 30 heavy (non-hydrogen) atoms. The maximum absolute atomic E-state index is 2.44. The van der Waals surface area contributed by atoms with Crippen LogP contribution in [0.4, 0.5) is 0 Å². The Morgan fingerprint density at radius 2 is 1.13 bits per heavy atom. The number of aryl methyl sites for hydroxylation is 3. The third kappa shape index (κ3) is 6.73. The molecule has 2 aromatic rings. The van der Waals surface area contributed by atoms with Crippen LogP contribution in [-0.2, 0) is 6.42 Å². The van der Waals surface area contributed by atoms with E-state index in [9.17, 15) is 0 Å². The van der Waals surface area contributed by atoms with Crippen molar-refractivity contribution in [3.63, 3.8) is 0 Å². The van der Waals surface area contributed by atoms with Gasteiger partial charge in [-0.3, -0.25) is 0 Å². The molecule has 0 amide bonds. The van der Waals surface area contributed by atoms with Crippen LogP contribution in [0.15, 0.2) is 42.5 Å². The molecule has 0 radical (unpaired) electrons.